The van der Waals surface area contributed by atoms with Crippen LogP contribution in [0.5, 0.6) is 0 Å². The number of halogens is 2. The summed E-state index contributed by atoms with van der Waals surface area (Å²) in [6.07, 6.45) is 0. The number of benzene rings is 2. The van der Waals surface area contributed by atoms with Gasteiger partial charge in [0.05, 0.1) is 0 Å². The topological polar surface area (TPSA) is 17.1 Å². The predicted octanol–water partition coefficient (Wildman–Crippen LogP) is 5.68. The summed E-state index contributed by atoms with van der Waals surface area (Å²) in [4.78, 5) is 12.9. The van der Waals surface area contributed by atoms with Gasteiger partial charge in [0.25, 0.3) is 0 Å². The van der Waals surface area contributed by atoms with E-state index in [0.29, 0.717) is 5.56 Å². The maximum absolute atomic E-state index is 12.9. The molecule has 0 fully saturated rings. The summed E-state index contributed by atoms with van der Waals surface area (Å²) in [6, 6.07) is 7.81. The molecule has 0 N–H and O–H groups in total. The first-order chi connectivity index (χ1) is 9.32. The highest BCUT2D eigenvalue weighted by atomic mass is 79.9. The third-order valence-corrected chi connectivity index (χ3v) is 4.95. The molecule has 2 aromatic rings. The van der Waals surface area contributed by atoms with E-state index in [0.717, 1.165) is 36.8 Å². The van der Waals surface area contributed by atoms with Gasteiger partial charge < -0.3 is 0 Å². The van der Waals surface area contributed by atoms with Crippen LogP contribution in [-0.4, -0.2) is 5.78 Å². The van der Waals surface area contributed by atoms with Crippen LogP contribution in [-0.2, 0) is 0 Å². The molecule has 0 aliphatic carbocycles. The molecule has 0 radical (unpaired) electrons. The van der Waals surface area contributed by atoms with Crippen molar-refractivity contribution in [1.82, 2.24) is 0 Å². The Labute approximate surface area is 136 Å². The van der Waals surface area contributed by atoms with Crippen molar-refractivity contribution < 1.29 is 4.79 Å². The molecule has 0 saturated carbocycles. The van der Waals surface area contributed by atoms with Crippen LogP contribution in [0.2, 0.25) is 0 Å². The highest BCUT2D eigenvalue weighted by Gasteiger charge is 2.19. The van der Waals surface area contributed by atoms with Crippen LogP contribution in [0.4, 0.5) is 0 Å². The zero-order valence-electron chi connectivity index (χ0n) is 12.0. The van der Waals surface area contributed by atoms with Gasteiger partial charge in [-0.05, 0) is 68.1 Å². The van der Waals surface area contributed by atoms with Gasteiger partial charge in [0, 0.05) is 20.1 Å². The lowest BCUT2D eigenvalue weighted by Gasteiger charge is -2.15. The van der Waals surface area contributed by atoms with Crippen molar-refractivity contribution in [3.05, 3.63) is 66.6 Å². The Balaban J connectivity index is 2.68. The lowest BCUT2D eigenvalue weighted by molar-refractivity contribution is 0.103. The average molecular weight is 396 g/mol. The fourth-order valence-electron chi connectivity index (χ4n) is 2.36. The molecule has 20 heavy (non-hydrogen) atoms. The summed E-state index contributed by atoms with van der Waals surface area (Å²) in [6.45, 7) is 8.13. The summed E-state index contributed by atoms with van der Waals surface area (Å²) < 4.78 is 1.73. The van der Waals surface area contributed by atoms with Crippen molar-refractivity contribution in [3.63, 3.8) is 0 Å². The largest absolute Gasteiger partial charge is 0.289 e. The lowest BCUT2D eigenvalue weighted by atomic mass is 9.89. The van der Waals surface area contributed by atoms with E-state index in [1.807, 2.05) is 32.0 Å². The van der Waals surface area contributed by atoms with Crippen LogP contribution >= 0.6 is 31.9 Å². The molecule has 0 heterocycles. The van der Waals surface area contributed by atoms with Crippen LogP contribution < -0.4 is 0 Å². The van der Waals surface area contributed by atoms with E-state index in [2.05, 4.69) is 51.8 Å². The number of aryl methyl sites for hydroxylation is 2. The maximum atomic E-state index is 12.9. The molecule has 0 aromatic heterocycles. The second-order valence-electron chi connectivity index (χ2n) is 5.09. The van der Waals surface area contributed by atoms with Gasteiger partial charge in [-0.2, -0.15) is 0 Å². The Morgan fingerprint density at radius 1 is 0.900 bits per heavy atom. The van der Waals surface area contributed by atoms with Gasteiger partial charge in [-0.1, -0.05) is 37.9 Å². The van der Waals surface area contributed by atoms with E-state index in [1.54, 1.807) is 0 Å². The quantitative estimate of drug-likeness (QED) is 0.598. The molecule has 2 aromatic carbocycles. The van der Waals surface area contributed by atoms with Crippen molar-refractivity contribution in [1.29, 1.82) is 0 Å². The molecular weight excluding hydrogens is 380 g/mol. The molecule has 2 rings (SSSR count). The molecule has 0 bridgehead atoms. The molecule has 0 unspecified atom stereocenters. The monoisotopic (exact) mass is 394 g/mol. The van der Waals surface area contributed by atoms with E-state index in [1.165, 1.54) is 0 Å². The van der Waals surface area contributed by atoms with Crippen molar-refractivity contribution in [3.8, 4) is 0 Å². The van der Waals surface area contributed by atoms with Crippen LogP contribution in [0.25, 0.3) is 0 Å². The second-order valence-corrected chi connectivity index (χ2v) is 6.86. The number of carbonyl (C=O) groups is 1. The Hall–Kier alpha value is -0.930. The molecule has 0 saturated heterocycles. The van der Waals surface area contributed by atoms with E-state index in [-0.39, 0.29) is 5.78 Å². The van der Waals surface area contributed by atoms with E-state index < -0.39 is 0 Å². The number of hydrogen-bond acceptors (Lipinski definition) is 1. The van der Waals surface area contributed by atoms with Gasteiger partial charge in [0.2, 0.25) is 0 Å². The van der Waals surface area contributed by atoms with Crippen LogP contribution in [0.15, 0.2) is 33.2 Å². The van der Waals surface area contributed by atoms with Crippen LogP contribution in [0.3, 0.4) is 0 Å². The third-order valence-electron chi connectivity index (χ3n) is 3.77. The van der Waals surface area contributed by atoms with Gasteiger partial charge in [-0.15, -0.1) is 0 Å². The molecule has 104 valence electrons. The summed E-state index contributed by atoms with van der Waals surface area (Å²) in [5.41, 5.74) is 5.94. The van der Waals surface area contributed by atoms with Crippen molar-refractivity contribution >= 4 is 37.6 Å². The van der Waals surface area contributed by atoms with E-state index in [9.17, 15) is 4.79 Å². The van der Waals surface area contributed by atoms with Crippen LogP contribution in [0.1, 0.15) is 38.2 Å². The predicted molar refractivity (Wildman–Crippen MR) is 90.7 cm³/mol. The number of hydrogen-bond donors (Lipinski definition) is 0. The summed E-state index contributed by atoms with van der Waals surface area (Å²) in [7, 11) is 0. The molecule has 0 aliphatic rings. The molecule has 0 amide bonds. The van der Waals surface area contributed by atoms with Crippen molar-refractivity contribution in [2.24, 2.45) is 0 Å². The number of rotatable bonds is 2. The van der Waals surface area contributed by atoms with E-state index >= 15 is 0 Å². The zero-order valence-corrected chi connectivity index (χ0v) is 15.1. The molecule has 3 heteroatoms. The highest BCUT2D eigenvalue weighted by Crippen LogP contribution is 2.29. The standard InChI is InChI=1S/C17H16Br2O/c1-9-7-10(2)12(4)16(11(9)3)17(20)14-8-13(18)5-6-15(14)19/h5-8H,1-4H3. The Morgan fingerprint density at radius 2 is 1.45 bits per heavy atom. The minimum Gasteiger partial charge on any atom is -0.289 e. The summed E-state index contributed by atoms with van der Waals surface area (Å²) >= 11 is 6.90. The Bertz CT molecular complexity index is 676. The second kappa shape index (κ2) is 5.82. The molecule has 0 aliphatic heterocycles. The Morgan fingerprint density at radius 3 is 2.00 bits per heavy atom. The normalized spacial score (nSPS) is 10.7. The molecule has 0 atom stereocenters. The fraction of sp³-hybridized carbons (Fsp3) is 0.235. The first-order valence-electron chi connectivity index (χ1n) is 6.40. The van der Waals surface area contributed by atoms with Gasteiger partial charge >= 0.3 is 0 Å². The SMILES string of the molecule is Cc1cc(C)c(C)c(C(=O)c2cc(Br)ccc2Br)c1C. The molecule has 0 spiro atoms. The fourth-order valence-corrected chi connectivity index (χ4v) is 3.15. The average Bonchev–Trinajstić information content (AvgIpc) is 2.39. The van der Waals surface area contributed by atoms with Gasteiger partial charge in [-0.25, -0.2) is 0 Å². The smallest absolute Gasteiger partial charge is 0.194 e. The number of ketones is 1. The van der Waals surface area contributed by atoms with Crippen LogP contribution in [0, 0.1) is 27.7 Å². The zero-order chi connectivity index (χ0) is 15.0. The van der Waals surface area contributed by atoms with Gasteiger partial charge in [0.15, 0.2) is 5.78 Å². The summed E-state index contributed by atoms with van der Waals surface area (Å²) in [5, 5.41) is 0. The lowest BCUT2D eigenvalue weighted by Crippen LogP contribution is -2.09. The minimum absolute atomic E-state index is 0.0694. The molecular formula is C17H16Br2O. The highest BCUT2D eigenvalue weighted by molar-refractivity contribution is 9.11. The van der Waals surface area contributed by atoms with Crippen molar-refractivity contribution in [2.45, 2.75) is 27.7 Å². The van der Waals surface area contributed by atoms with Gasteiger partial charge in [0.1, 0.15) is 0 Å². The van der Waals surface area contributed by atoms with Crippen molar-refractivity contribution in [2.75, 3.05) is 0 Å². The minimum atomic E-state index is 0.0694. The molecule has 1 nitrogen and oxygen atoms in total. The van der Waals surface area contributed by atoms with E-state index in [4.69, 9.17) is 0 Å². The first kappa shape index (κ1) is 15.5. The van der Waals surface area contributed by atoms with Gasteiger partial charge in [-0.3, -0.25) is 4.79 Å². The first-order valence-corrected chi connectivity index (χ1v) is 7.98. The maximum Gasteiger partial charge on any atom is 0.194 e. The summed E-state index contributed by atoms with van der Waals surface area (Å²) in [5.74, 6) is 0.0694. The number of carbonyl (C=O) groups excluding carboxylic acids is 1. The third kappa shape index (κ3) is 2.75. The Kier molecular flexibility index (Phi) is 4.50.